The van der Waals surface area contributed by atoms with Crippen LogP contribution in [0, 0.1) is 0 Å². The van der Waals surface area contributed by atoms with Crippen molar-refractivity contribution in [1.29, 1.82) is 0 Å². The maximum atomic E-state index is 12.3. The summed E-state index contributed by atoms with van der Waals surface area (Å²) < 4.78 is 0. The van der Waals surface area contributed by atoms with Crippen molar-refractivity contribution in [2.24, 2.45) is 0 Å². The van der Waals surface area contributed by atoms with Gasteiger partial charge in [0.1, 0.15) is 0 Å². The van der Waals surface area contributed by atoms with E-state index < -0.39 is 0 Å². The molecule has 0 radical (unpaired) electrons. The Hall–Kier alpha value is -1.59. The summed E-state index contributed by atoms with van der Waals surface area (Å²) >= 11 is 6.04. The van der Waals surface area contributed by atoms with Gasteiger partial charge < -0.3 is 10.2 Å². The van der Waals surface area contributed by atoms with Gasteiger partial charge in [-0.05, 0) is 19.1 Å². The van der Waals surface area contributed by atoms with E-state index in [2.05, 4.69) is 10.2 Å². The number of hydrogen-bond acceptors (Lipinski definition) is 3. The largest absolute Gasteiger partial charge is 0.340 e. The van der Waals surface area contributed by atoms with Crippen LogP contribution in [-0.4, -0.2) is 53.8 Å². The van der Waals surface area contributed by atoms with Crippen LogP contribution in [0.1, 0.15) is 13.8 Å². The summed E-state index contributed by atoms with van der Waals surface area (Å²) in [5, 5.41) is 3.38. The standard InChI is InChI=1S/C15H20ClN3O2/c1-11(18-7-9-19(10-8-18)12(2)20)15(21)17-14-6-4-3-5-13(14)16/h3-6,11H,7-10H2,1-2H3,(H,17,21). The number of anilines is 1. The molecule has 21 heavy (non-hydrogen) atoms. The van der Waals surface area contributed by atoms with E-state index in [9.17, 15) is 9.59 Å². The Kier molecular flexibility index (Phi) is 5.20. The first-order chi connectivity index (χ1) is 9.99. The number of para-hydroxylation sites is 1. The minimum Gasteiger partial charge on any atom is -0.340 e. The molecule has 1 aromatic rings. The van der Waals surface area contributed by atoms with Crippen molar-refractivity contribution in [3.63, 3.8) is 0 Å². The Bertz CT molecular complexity index is 527. The minimum absolute atomic E-state index is 0.0839. The molecule has 2 rings (SSSR count). The second-order valence-corrected chi connectivity index (χ2v) is 5.59. The highest BCUT2D eigenvalue weighted by Crippen LogP contribution is 2.21. The third kappa shape index (κ3) is 3.95. The summed E-state index contributed by atoms with van der Waals surface area (Å²) in [6, 6.07) is 6.92. The molecule has 1 aliphatic rings. The van der Waals surface area contributed by atoms with Gasteiger partial charge in [0, 0.05) is 33.1 Å². The fourth-order valence-electron chi connectivity index (χ4n) is 2.39. The van der Waals surface area contributed by atoms with E-state index in [1.807, 2.05) is 19.1 Å². The number of piperazine rings is 1. The van der Waals surface area contributed by atoms with Crippen molar-refractivity contribution < 1.29 is 9.59 Å². The van der Waals surface area contributed by atoms with Gasteiger partial charge in [-0.2, -0.15) is 0 Å². The van der Waals surface area contributed by atoms with Gasteiger partial charge in [-0.1, -0.05) is 23.7 Å². The molecule has 0 spiro atoms. The molecule has 1 aliphatic heterocycles. The number of nitrogens with zero attached hydrogens (tertiary/aromatic N) is 2. The molecule has 1 fully saturated rings. The number of halogens is 1. The smallest absolute Gasteiger partial charge is 0.241 e. The molecule has 1 atom stereocenters. The average Bonchev–Trinajstić information content (AvgIpc) is 2.49. The second-order valence-electron chi connectivity index (χ2n) is 5.19. The van der Waals surface area contributed by atoms with Crippen LogP contribution >= 0.6 is 11.6 Å². The third-order valence-corrected chi connectivity index (χ3v) is 4.15. The lowest BCUT2D eigenvalue weighted by Gasteiger charge is -2.37. The number of carbonyl (C=O) groups excluding carboxylic acids is 2. The highest BCUT2D eigenvalue weighted by Gasteiger charge is 2.26. The topological polar surface area (TPSA) is 52.7 Å². The summed E-state index contributed by atoms with van der Waals surface area (Å²) in [5.41, 5.74) is 0.624. The lowest BCUT2D eigenvalue weighted by molar-refractivity contribution is -0.131. The number of hydrogen-bond donors (Lipinski definition) is 1. The molecule has 0 bridgehead atoms. The summed E-state index contributed by atoms with van der Waals surface area (Å²) in [4.78, 5) is 27.5. The van der Waals surface area contributed by atoms with Crippen molar-refractivity contribution in [3.8, 4) is 0 Å². The summed E-state index contributed by atoms with van der Waals surface area (Å²) in [6.07, 6.45) is 0. The highest BCUT2D eigenvalue weighted by molar-refractivity contribution is 6.33. The van der Waals surface area contributed by atoms with Crippen LogP contribution in [0.5, 0.6) is 0 Å². The predicted octanol–water partition coefficient (Wildman–Crippen LogP) is 1.83. The molecule has 1 heterocycles. The van der Waals surface area contributed by atoms with Gasteiger partial charge in [-0.3, -0.25) is 14.5 Å². The van der Waals surface area contributed by atoms with Gasteiger partial charge in [0.15, 0.2) is 0 Å². The van der Waals surface area contributed by atoms with Crippen LogP contribution in [0.25, 0.3) is 0 Å². The van der Waals surface area contributed by atoms with E-state index in [4.69, 9.17) is 11.6 Å². The zero-order valence-electron chi connectivity index (χ0n) is 12.3. The molecule has 1 N–H and O–H groups in total. The van der Waals surface area contributed by atoms with E-state index in [0.29, 0.717) is 36.9 Å². The Morgan fingerprint density at radius 1 is 1.19 bits per heavy atom. The zero-order chi connectivity index (χ0) is 15.4. The molecule has 6 heteroatoms. The quantitative estimate of drug-likeness (QED) is 0.927. The van der Waals surface area contributed by atoms with Crippen LogP contribution in [-0.2, 0) is 9.59 Å². The van der Waals surface area contributed by atoms with Crippen molar-refractivity contribution in [2.45, 2.75) is 19.9 Å². The Morgan fingerprint density at radius 3 is 2.38 bits per heavy atom. The van der Waals surface area contributed by atoms with E-state index in [1.54, 1.807) is 24.0 Å². The fourth-order valence-corrected chi connectivity index (χ4v) is 2.57. The van der Waals surface area contributed by atoms with Gasteiger partial charge >= 0.3 is 0 Å². The predicted molar refractivity (Wildman–Crippen MR) is 83.4 cm³/mol. The maximum Gasteiger partial charge on any atom is 0.241 e. The van der Waals surface area contributed by atoms with Crippen molar-refractivity contribution in [2.75, 3.05) is 31.5 Å². The van der Waals surface area contributed by atoms with E-state index in [0.717, 1.165) is 0 Å². The van der Waals surface area contributed by atoms with Gasteiger partial charge in [-0.15, -0.1) is 0 Å². The Balaban J connectivity index is 1.92. The van der Waals surface area contributed by atoms with E-state index in [-0.39, 0.29) is 17.9 Å². The second kappa shape index (κ2) is 6.91. The zero-order valence-corrected chi connectivity index (χ0v) is 13.1. The van der Waals surface area contributed by atoms with Crippen LogP contribution < -0.4 is 5.32 Å². The van der Waals surface area contributed by atoms with E-state index >= 15 is 0 Å². The lowest BCUT2D eigenvalue weighted by Crippen LogP contribution is -2.53. The van der Waals surface area contributed by atoms with Crippen molar-refractivity contribution >= 4 is 29.1 Å². The van der Waals surface area contributed by atoms with Crippen LogP contribution in [0.2, 0.25) is 5.02 Å². The van der Waals surface area contributed by atoms with Crippen LogP contribution in [0.15, 0.2) is 24.3 Å². The molecular weight excluding hydrogens is 290 g/mol. The first kappa shape index (κ1) is 15.8. The molecular formula is C15H20ClN3O2. The number of nitrogens with one attached hydrogen (secondary N) is 1. The molecule has 114 valence electrons. The van der Waals surface area contributed by atoms with Crippen molar-refractivity contribution in [1.82, 2.24) is 9.80 Å². The summed E-state index contributed by atoms with van der Waals surface area (Å²) in [6.45, 7) is 6.18. The van der Waals surface area contributed by atoms with E-state index in [1.165, 1.54) is 0 Å². The van der Waals surface area contributed by atoms with Gasteiger partial charge in [0.25, 0.3) is 0 Å². The van der Waals surface area contributed by atoms with Gasteiger partial charge in [0.05, 0.1) is 16.8 Å². The summed E-state index contributed by atoms with van der Waals surface area (Å²) in [5.74, 6) is 0.00203. The summed E-state index contributed by atoms with van der Waals surface area (Å²) in [7, 11) is 0. The molecule has 0 aliphatic carbocycles. The minimum atomic E-state index is -0.254. The van der Waals surface area contributed by atoms with Crippen LogP contribution in [0.4, 0.5) is 5.69 Å². The number of rotatable bonds is 3. The molecule has 5 nitrogen and oxygen atoms in total. The fraction of sp³-hybridized carbons (Fsp3) is 0.467. The number of amides is 2. The normalized spacial score (nSPS) is 17.4. The Labute approximate surface area is 129 Å². The first-order valence-corrected chi connectivity index (χ1v) is 7.42. The number of benzene rings is 1. The van der Waals surface area contributed by atoms with Crippen LogP contribution in [0.3, 0.4) is 0 Å². The molecule has 1 saturated heterocycles. The Morgan fingerprint density at radius 2 is 1.81 bits per heavy atom. The highest BCUT2D eigenvalue weighted by atomic mass is 35.5. The monoisotopic (exact) mass is 309 g/mol. The molecule has 2 amide bonds. The van der Waals surface area contributed by atoms with Gasteiger partial charge in [-0.25, -0.2) is 0 Å². The number of carbonyl (C=O) groups is 2. The maximum absolute atomic E-state index is 12.3. The lowest BCUT2D eigenvalue weighted by atomic mass is 10.2. The third-order valence-electron chi connectivity index (χ3n) is 3.82. The van der Waals surface area contributed by atoms with Crippen molar-refractivity contribution in [3.05, 3.63) is 29.3 Å². The molecule has 1 unspecified atom stereocenters. The molecule has 0 saturated carbocycles. The first-order valence-electron chi connectivity index (χ1n) is 7.04. The average molecular weight is 310 g/mol. The van der Waals surface area contributed by atoms with Gasteiger partial charge in [0.2, 0.25) is 11.8 Å². The molecule has 0 aromatic heterocycles. The molecule has 1 aromatic carbocycles. The SMILES string of the molecule is CC(=O)N1CCN(C(C)C(=O)Nc2ccccc2Cl)CC1.